The van der Waals surface area contributed by atoms with E-state index >= 15 is 0 Å². The van der Waals surface area contributed by atoms with Gasteiger partial charge in [-0.2, -0.15) is 5.10 Å². The number of thiazole rings is 1. The second kappa shape index (κ2) is 8.14. The lowest BCUT2D eigenvalue weighted by molar-refractivity contribution is 0.103. The molecule has 3 heterocycles. The van der Waals surface area contributed by atoms with Crippen molar-refractivity contribution >= 4 is 33.7 Å². The minimum Gasteiger partial charge on any atom is -0.489 e. The van der Waals surface area contributed by atoms with Gasteiger partial charge < -0.3 is 4.74 Å². The lowest BCUT2D eigenvalue weighted by atomic mass is 10.2. The van der Waals surface area contributed by atoms with Crippen LogP contribution in [0.25, 0.3) is 11.3 Å². The number of hydrogen-bond acceptors (Lipinski definition) is 6. The molecular weight excluding hydrogens is 411 g/mol. The number of halogens is 1. The molecule has 0 saturated carbocycles. The number of hydrogen-bond donors (Lipinski definition) is 1. The first-order chi connectivity index (χ1) is 14.0. The van der Waals surface area contributed by atoms with Gasteiger partial charge in [0.2, 0.25) is 0 Å². The van der Waals surface area contributed by atoms with Crippen LogP contribution in [0.3, 0.4) is 0 Å². The average molecular weight is 429 g/mol. The maximum absolute atomic E-state index is 12.9. The summed E-state index contributed by atoms with van der Waals surface area (Å²) in [5.41, 5.74) is 3.61. The second-order valence-electron chi connectivity index (χ2n) is 6.32. The van der Waals surface area contributed by atoms with Crippen LogP contribution in [0.1, 0.15) is 20.9 Å². The highest BCUT2D eigenvalue weighted by molar-refractivity contribution is 7.14. The summed E-state index contributed by atoms with van der Waals surface area (Å²) >= 11 is 2.70. The summed E-state index contributed by atoms with van der Waals surface area (Å²) in [4.78, 5) is 17.6. The standard InChI is InChI=1S/C20H17FN4O2S2/c1-12-16(8-22-25(12)2)17-11-29-20(23-17)24-19(26)18-7-13(10-28-18)9-27-15-5-3-14(21)4-6-15/h3-8,10-11H,9H2,1-2H3,(H,23,24,26). The Bertz CT molecular complexity index is 1150. The summed E-state index contributed by atoms with van der Waals surface area (Å²) < 4.78 is 20.3. The molecule has 9 heteroatoms. The molecule has 0 aliphatic carbocycles. The minimum absolute atomic E-state index is 0.216. The predicted octanol–water partition coefficient (Wildman–Crippen LogP) is 4.88. The lowest BCUT2D eigenvalue weighted by Crippen LogP contribution is -2.09. The smallest absolute Gasteiger partial charge is 0.267 e. The number of anilines is 1. The van der Waals surface area contributed by atoms with E-state index in [0.717, 1.165) is 22.5 Å². The van der Waals surface area contributed by atoms with Gasteiger partial charge in [0.25, 0.3) is 5.91 Å². The van der Waals surface area contributed by atoms with Gasteiger partial charge in [0, 0.05) is 29.2 Å². The first-order valence-corrected chi connectivity index (χ1v) is 10.5. The van der Waals surface area contributed by atoms with Gasteiger partial charge in [-0.3, -0.25) is 14.8 Å². The largest absolute Gasteiger partial charge is 0.489 e. The third-order valence-corrected chi connectivity index (χ3v) is 6.07. The Hall–Kier alpha value is -3.04. The number of aryl methyl sites for hydroxylation is 1. The normalized spacial score (nSPS) is 10.9. The summed E-state index contributed by atoms with van der Waals surface area (Å²) in [5.74, 6) is 0.0484. The van der Waals surface area contributed by atoms with Gasteiger partial charge in [0.05, 0.1) is 16.8 Å². The Morgan fingerprint density at radius 1 is 1.24 bits per heavy atom. The third-order valence-electron chi connectivity index (χ3n) is 4.33. The maximum Gasteiger partial charge on any atom is 0.267 e. The van der Waals surface area contributed by atoms with Crippen LogP contribution in [0.5, 0.6) is 5.75 Å². The fourth-order valence-corrected chi connectivity index (χ4v) is 4.13. The molecule has 29 heavy (non-hydrogen) atoms. The zero-order valence-corrected chi connectivity index (χ0v) is 17.3. The average Bonchev–Trinajstić information content (AvgIpc) is 3.43. The number of aromatic nitrogens is 3. The van der Waals surface area contributed by atoms with E-state index in [2.05, 4.69) is 15.4 Å². The molecular formula is C20H17FN4O2S2. The van der Waals surface area contributed by atoms with Crippen molar-refractivity contribution in [2.75, 3.05) is 5.32 Å². The van der Waals surface area contributed by atoms with Crippen molar-refractivity contribution < 1.29 is 13.9 Å². The van der Waals surface area contributed by atoms with Crippen molar-refractivity contribution in [3.05, 3.63) is 69.2 Å². The molecule has 0 radical (unpaired) electrons. The van der Waals surface area contributed by atoms with Crippen LogP contribution >= 0.6 is 22.7 Å². The monoisotopic (exact) mass is 428 g/mol. The van der Waals surface area contributed by atoms with E-state index in [4.69, 9.17) is 4.74 Å². The van der Waals surface area contributed by atoms with Crippen LogP contribution < -0.4 is 10.1 Å². The summed E-state index contributed by atoms with van der Waals surface area (Å²) in [6.45, 7) is 2.28. The molecule has 0 spiro atoms. The SMILES string of the molecule is Cc1c(-c2csc(NC(=O)c3cc(COc4ccc(F)cc4)cs3)n2)cnn1C. The number of nitrogens with zero attached hydrogens (tertiary/aromatic N) is 3. The summed E-state index contributed by atoms with van der Waals surface area (Å²) in [7, 11) is 1.88. The Kier molecular flexibility index (Phi) is 5.41. The molecule has 4 aromatic rings. The molecule has 0 saturated heterocycles. The number of rotatable bonds is 6. The number of carbonyl (C=O) groups is 1. The molecule has 0 aliphatic heterocycles. The Labute approximate surface area is 174 Å². The van der Waals surface area contributed by atoms with Crippen LogP contribution in [0.2, 0.25) is 0 Å². The third kappa shape index (κ3) is 4.36. The van der Waals surface area contributed by atoms with Crippen LogP contribution in [-0.4, -0.2) is 20.7 Å². The van der Waals surface area contributed by atoms with Crippen molar-refractivity contribution in [3.8, 4) is 17.0 Å². The zero-order chi connectivity index (χ0) is 20.4. The topological polar surface area (TPSA) is 69.0 Å². The Balaban J connectivity index is 1.38. The Morgan fingerprint density at radius 2 is 2.03 bits per heavy atom. The second-order valence-corrected chi connectivity index (χ2v) is 8.09. The first kappa shape index (κ1) is 19.3. The molecule has 1 amide bonds. The molecule has 3 aromatic heterocycles. The number of thiophene rings is 1. The molecule has 4 rings (SSSR count). The van der Waals surface area contributed by atoms with Gasteiger partial charge in [-0.1, -0.05) is 0 Å². The summed E-state index contributed by atoms with van der Waals surface area (Å²) in [6, 6.07) is 7.61. The number of amides is 1. The zero-order valence-electron chi connectivity index (χ0n) is 15.7. The van der Waals surface area contributed by atoms with Crippen molar-refractivity contribution in [1.29, 1.82) is 0 Å². The number of ether oxygens (including phenoxy) is 1. The predicted molar refractivity (Wildman–Crippen MR) is 112 cm³/mol. The fourth-order valence-electron chi connectivity index (χ4n) is 2.63. The van der Waals surface area contributed by atoms with Gasteiger partial charge in [-0.15, -0.1) is 22.7 Å². The van der Waals surface area contributed by atoms with Gasteiger partial charge in [0.1, 0.15) is 18.2 Å². The number of benzene rings is 1. The number of nitrogens with one attached hydrogen (secondary N) is 1. The van der Waals surface area contributed by atoms with Gasteiger partial charge in [-0.05, 0) is 42.6 Å². The van der Waals surface area contributed by atoms with E-state index < -0.39 is 0 Å². The highest BCUT2D eigenvalue weighted by atomic mass is 32.1. The molecule has 1 aromatic carbocycles. The maximum atomic E-state index is 12.9. The van der Waals surface area contributed by atoms with E-state index in [9.17, 15) is 9.18 Å². The van der Waals surface area contributed by atoms with Gasteiger partial charge in [0.15, 0.2) is 5.13 Å². The lowest BCUT2D eigenvalue weighted by Gasteiger charge is -2.04. The molecule has 0 bridgehead atoms. The molecule has 0 unspecified atom stereocenters. The van der Waals surface area contributed by atoms with E-state index in [0.29, 0.717) is 22.4 Å². The minimum atomic E-state index is -0.309. The van der Waals surface area contributed by atoms with E-state index in [1.54, 1.807) is 29.1 Å². The molecule has 0 atom stereocenters. The van der Waals surface area contributed by atoms with Gasteiger partial charge >= 0.3 is 0 Å². The van der Waals surface area contributed by atoms with E-state index in [-0.39, 0.29) is 11.7 Å². The Morgan fingerprint density at radius 3 is 2.76 bits per heavy atom. The van der Waals surface area contributed by atoms with Crippen LogP contribution in [0, 0.1) is 12.7 Å². The van der Waals surface area contributed by atoms with Crippen LogP contribution in [0.4, 0.5) is 9.52 Å². The molecule has 1 N–H and O–H groups in total. The van der Waals surface area contributed by atoms with Crippen molar-refractivity contribution in [3.63, 3.8) is 0 Å². The van der Waals surface area contributed by atoms with Crippen molar-refractivity contribution in [2.24, 2.45) is 7.05 Å². The highest BCUT2D eigenvalue weighted by Crippen LogP contribution is 2.27. The first-order valence-electron chi connectivity index (χ1n) is 8.71. The van der Waals surface area contributed by atoms with Crippen LogP contribution in [-0.2, 0) is 13.7 Å². The summed E-state index contributed by atoms with van der Waals surface area (Å²) in [5, 5.41) is 11.4. The van der Waals surface area contributed by atoms with Gasteiger partial charge in [-0.25, -0.2) is 9.37 Å². The number of carbonyl (C=O) groups excluding carboxylic acids is 1. The van der Waals surface area contributed by atoms with E-state index in [1.807, 2.05) is 24.7 Å². The van der Waals surface area contributed by atoms with Crippen molar-refractivity contribution in [2.45, 2.75) is 13.5 Å². The molecule has 6 nitrogen and oxygen atoms in total. The fraction of sp³-hybridized carbons (Fsp3) is 0.150. The quantitative estimate of drug-likeness (QED) is 0.475. The van der Waals surface area contributed by atoms with Crippen LogP contribution in [0.15, 0.2) is 47.3 Å². The molecule has 148 valence electrons. The van der Waals surface area contributed by atoms with E-state index in [1.165, 1.54) is 34.8 Å². The van der Waals surface area contributed by atoms with Crippen molar-refractivity contribution in [1.82, 2.24) is 14.8 Å². The highest BCUT2D eigenvalue weighted by Gasteiger charge is 2.14. The molecule has 0 fully saturated rings. The molecule has 0 aliphatic rings. The summed E-state index contributed by atoms with van der Waals surface area (Å²) in [6.07, 6.45) is 1.77.